The van der Waals surface area contributed by atoms with Gasteiger partial charge in [0.25, 0.3) is 5.56 Å². The van der Waals surface area contributed by atoms with Crippen molar-refractivity contribution in [3.8, 4) is 11.3 Å². The van der Waals surface area contributed by atoms with Gasteiger partial charge in [0.15, 0.2) is 5.82 Å². The standard InChI is InChI=1S/C17H19N5O4/c23-7-12(8-24)26-10-21-9-18-14-15(21)20-17-19-13(6-22(17)16(14)25)11-4-2-1-3-5-11/h1-6,12,18,23-24H,7-10H2,(H,19,20). The van der Waals surface area contributed by atoms with Crippen LogP contribution < -0.4 is 15.8 Å². The second-order valence-corrected chi connectivity index (χ2v) is 6.00. The van der Waals surface area contributed by atoms with Gasteiger partial charge in [-0.05, 0) is 5.56 Å². The Hall–Kier alpha value is -2.88. The van der Waals surface area contributed by atoms with Gasteiger partial charge in [-0.2, -0.15) is 4.98 Å². The monoisotopic (exact) mass is 357 g/mol. The molecule has 4 N–H and O–H groups in total. The second-order valence-electron chi connectivity index (χ2n) is 6.00. The van der Waals surface area contributed by atoms with E-state index in [1.165, 1.54) is 4.40 Å². The van der Waals surface area contributed by atoms with Gasteiger partial charge in [-0.3, -0.25) is 4.79 Å². The van der Waals surface area contributed by atoms with E-state index in [4.69, 9.17) is 14.9 Å². The molecule has 26 heavy (non-hydrogen) atoms. The molecule has 0 spiro atoms. The molecule has 0 saturated heterocycles. The molecule has 3 heterocycles. The summed E-state index contributed by atoms with van der Waals surface area (Å²) >= 11 is 0. The molecule has 9 nitrogen and oxygen atoms in total. The molecule has 0 fully saturated rings. The third-order valence-corrected chi connectivity index (χ3v) is 4.31. The number of aromatic amines is 1. The number of nitrogens with zero attached hydrogens (tertiary/aromatic N) is 3. The zero-order valence-corrected chi connectivity index (χ0v) is 13.9. The van der Waals surface area contributed by atoms with Crippen molar-refractivity contribution >= 4 is 17.3 Å². The molecule has 4 rings (SSSR count). The molecule has 136 valence electrons. The molecule has 2 aromatic heterocycles. The molecular weight excluding hydrogens is 338 g/mol. The zero-order chi connectivity index (χ0) is 18.1. The first-order valence-electron chi connectivity index (χ1n) is 8.24. The van der Waals surface area contributed by atoms with E-state index in [0.717, 1.165) is 11.3 Å². The Morgan fingerprint density at radius 2 is 2.00 bits per heavy atom. The molecule has 0 atom stereocenters. The van der Waals surface area contributed by atoms with Gasteiger partial charge in [-0.25, -0.2) is 4.40 Å². The molecule has 0 unspecified atom stereocenters. The minimum Gasteiger partial charge on any atom is -0.394 e. The van der Waals surface area contributed by atoms with E-state index in [-0.39, 0.29) is 25.5 Å². The Kier molecular flexibility index (Phi) is 4.33. The van der Waals surface area contributed by atoms with Crippen LogP contribution in [0.4, 0.5) is 11.5 Å². The molecule has 0 aliphatic carbocycles. The van der Waals surface area contributed by atoms with E-state index in [9.17, 15) is 4.79 Å². The molecule has 3 aromatic rings. The Balaban J connectivity index is 1.68. The van der Waals surface area contributed by atoms with E-state index in [1.54, 1.807) is 11.1 Å². The zero-order valence-electron chi connectivity index (χ0n) is 13.9. The van der Waals surface area contributed by atoms with Crippen LogP contribution in [-0.4, -0.2) is 57.3 Å². The van der Waals surface area contributed by atoms with Crippen LogP contribution in [0.5, 0.6) is 0 Å². The Bertz CT molecular complexity index is 964. The molecule has 1 aromatic carbocycles. The molecule has 0 bridgehead atoms. The Morgan fingerprint density at radius 1 is 1.23 bits per heavy atom. The topological polar surface area (TPSA) is 115 Å². The van der Waals surface area contributed by atoms with Crippen LogP contribution in [0.3, 0.4) is 0 Å². The smallest absolute Gasteiger partial charge is 0.284 e. The molecule has 9 heteroatoms. The fourth-order valence-electron chi connectivity index (χ4n) is 2.87. The van der Waals surface area contributed by atoms with Crippen molar-refractivity contribution in [1.82, 2.24) is 14.4 Å². The molecular formula is C17H19N5O4. The van der Waals surface area contributed by atoms with Crippen molar-refractivity contribution < 1.29 is 14.9 Å². The number of hydrogen-bond acceptors (Lipinski definition) is 7. The van der Waals surface area contributed by atoms with Gasteiger partial charge in [0.1, 0.15) is 18.5 Å². The van der Waals surface area contributed by atoms with Gasteiger partial charge >= 0.3 is 0 Å². The Labute approximate surface area is 148 Å². The van der Waals surface area contributed by atoms with Gasteiger partial charge in [-0.1, -0.05) is 30.3 Å². The molecule has 0 amide bonds. The summed E-state index contributed by atoms with van der Waals surface area (Å²) in [5.74, 6) is 0.910. The summed E-state index contributed by atoms with van der Waals surface area (Å²) in [5.41, 5.74) is 1.95. The fraction of sp³-hybridized carbons (Fsp3) is 0.294. The maximum Gasteiger partial charge on any atom is 0.284 e. The molecule has 0 radical (unpaired) electrons. The van der Waals surface area contributed by atoms with Crippen LogP contribution in [-0.2, 0) is 4.74 Å². The summed E-state index contributed by atoms with van der Waals surface area (Å²) in [5, 5.41) is 21.2. The lowest BCUT2D eigenvalue weighted by molar-refractivity contribution is -0.0186. The normalized spacial score (nSPS) is 13.4. The number of aliphatic hydroxyl groups is 2. The molecule has 0 saturated carbocycles. The minimum atomic E-state index is -0.668. The van der Waals surface area contributed by atoms with Crippen LogP contribution in [0.2, 0.25) is 0 Å². The summed E-state index contributed by atoms with van der Waals surface area (Å²) in [6, 6.07) is 9.68. The van der Waals surface area contributed by atoms with Crippen LogP contribution in [0, 0.1) is 0 Å². The third-order valence-electron chi connectivity index (χ3n) is 4.31. The number of rotatable bonds is 6. The predicted octanol–water partition coefficient (Wildman–Crippen LogP) is 0.206. The van der Waals surface area contributed by atoms with E-state index in [2.05, 4.69) is 15.3 Å². The maximum atomic E-state index is 12.8. The average Bonchev–Trinajstić information content (AvgIpc) is 3.28. The summed E-state index contributed by atoms with van der Waals surface area (Å²) < 4.78 is 6.91. The number of hydrogen-bond donors (Lipinski definition) is 4. The van der Waals surface area contributed by atoms with Gasteiger partial charge in [0.2, 0.25) is 5.78 Å². The number of fused-ring (bicyclic) bond motifs is 2. The van der Waals surface area contributed by atoms with Crippen molar-refractivity contribution in [3.05, 3.63) is 46.9 Å². The number of H-pyrrole nitrogens is 1. The summed E-state index contributed by atoms with van der Waals surface area (Å²) in [7, 11) is 0. The van der Waals surface area contributed by atoms with Crippen molar-refractivity contribution in [2.75, 3.05) is 36.8 Å². The number of aliphatic hydroxyl groups excluding tert-OH is 2. The van der Waals surface area contributed by atoms with Crippen LogP contribution in [0.15, 0.2) is 41.3 Å². The highest BCUT2D eigenvalue weighted by Gasteiger charge is 2.26. The maximum absolute atomic E-state index is 12.8. The Morgan fingerprint density at radius 3 is 2.73 bits per heavy atom. The van der Waals surface area contributed by atoms with Gasteiger partial charge in [0, 0.05) is 6.20 Å². The van der Waals surface area contributed by atoms with Crippen molar-refractivity contribution in [1.29, 1.82) is 0 Å². The van der Waals surface area contributed by atoms with Crippen molar-refractivity contribution in [3.63, 3.8) is 0 Å². The predicted molar refractivity (Wildman–Crippen MR) is 96.1 cm³/mol. The quantitative estimate of drug-likeness (QED) is 0.498. The number of benzene rings is 1. The van der Waals surface area contributed by atoms with E-state index in [0.29, 0.717) is 24.0 Å². The number of aromatic nitrogens is 3. The van der Waals surface area contributed by atoms with Crippen LogP contribution in [0.1, 0.15) is 0 Å². The highest BCUT2D eigenvalue weighted by Crippen LogP contribution is 2.27. The average molecular weight is 357 g/mol. The summed E-state index contributed by atoms with van der Waals surface area (Å²) in [4.78, 5) is 22.2. The van der Waals surface area contributed by atoms with Gasteiger partial charge in [0.05, 0.1) is 25.6 Å². The second kappa shape index (κ2) is 6.79. The lowest BCUT2D eigenvalue weighted by Gasteiger charge is -2.20. The van der Waals surface area contributed by atoms with E-state index in [1.807, 2.05) is 30.3 Å². The first-order chi connectivity index (χ1) is 12.7. The number of nitrogens with one attached hydrogen (secondary N) is 2. The van der Waals surface area contributed by atoms with Crippen molar-refractivity contribution in [2.45, 2.75) is 6.10 Å². The number of ether oxygens (including phenoxy) is 1. The van der Waals surface area contributed by atoms with Crippen molar-refractivity contribution in [2.24, 2.45) is 0 Å². The van der Waals surface area contributed by atoms with Crippen LogP contribution >= 0.6 is 0 Å². The van der Waals surface area contributed by atoms with E-state index < -0.39 is 6.10 Å². The largest absolute Gasteiger partial charge is 0.394 e. The van der Waals surface area contributed by atoms with Gasteiger partial charge < -0.3 is 30.2 Å². The first-order valence-corrected chi connectivity index (χ1v) is 8.24. The SMILES string of the molecule is O=c1c2c(nc3[nH]c(-c4ccccc4)cn13)N(COC(CO)CO)CN2. The van der Waals surface area contributed by atoms with Gasteiger partial charge in [-0.15, -0.1) is 0 Å². The fourth-order valence-corrected chi connectivity index (χ4v) is 2.87. The van der Waals surface area contributed by atoms with Crippen LogP contribution in [0.25, 0.3) is 17.0 Å². The number of anilines is 2. The third kappa shape index (κ3) is 2.81. The lowest BCUT2D eigenvalue weighted by Crippen LogP contribution is -2.32. The minimum absolute atomic E-state index is 0.0979. The molecule has 1 aliphatic heterocycles. The lowest BCUT2D eigenvalue weighted by atomic mass is 10.2. The number of imidazole rings is 1. The summed E-state index contributed by atoms with van der Waals surface area (Å²) in [6.45, 7) is -0.103. The molecule has 1 aliphatic rings. The summed E-state index contributed by atoms with van der Waals surface area (Å²) in [6.07, 6.45) is 1.06. The highest BCUT2D eigenvalue weighted by atomic mass is 16.5. The first kappa shape index (κ1) is 16.6. The highest BCUT2D eigenvalue weighted by molar-refractivity contribution is 5.72. The van der Waals surface area contributed by atoms with E-state index >= 15 is 0 Å².